The van der Waals surface area contributed by atoms with Crippen LogP contribution in [0.2, 0.25) is 0 Å². The number of halogens is 1. The lowest BCUT2D eigenvalue weighted by Crippen LogP contribution is -2.26. The lowest BCUT2D eigenvalue weighted by molar-refractivity contribution is -0.118. The summed E-state index contributed by atoms with van der Waals surface area (Å²) in [7, 11) is -2.15. The minimum atomic E-state index is -3.64. The van der Waals surface area contributed by atoms with Gasteiger partial charge in [-0.15, -0.1) is 0 Å². The highest BCUT2D eigenvalue weighted by Crippen LogP contribution is 2.24. The Balaban J connectivity index is 1.60. The predicted octanol–water partition coefficient (Wildman–Crippen LogP) is 4.29. The quantitative estimate of drug-likeness (QED) is 0.553. The summed E-state index contributed by atoms with van der Waals surface area (Å²) in [5.74, 6) is 0.172. The molecule has 0 aromatic heterocycles. The van der Waals surface area contributed by atoms with Gasteiger partial charge in [-0.2, -0.15) is 0 Å². The molecule has 0 aliphatic carbocycles. The number of hydrogen-bond acceptors (Lipinski definition) is 4. The molecular weight excluding hydrogens is 456 g/mol. The Bertz CT molecular complexity index is 1070. The molecule has 3 aromatic rings. The number of nitrogens with zero attached hydrogens (tertiary/aromatic N) is 1. The number of benzene rings is 3. The van der Waals surface area contributed by atoms with Gasteiger partial charge in [-0.3, -0.25) is 9.10 Å². The zero-order valence-corrected chi connectivity index (χ0v) is 18.0. The molecule has 0 saturated heterocycles. The number of nitrogens with one attached hydrogen (secondary N) is 1. The van der Waals surface area contributed by atoms with Crippen LogP contribution < -0.4 is 14.4 Å². The molecule has 0 heterocycles. The van der Waals surface area contributed by atoms with E-state index < -0.39 is 10.0 Å². The molecular formula is C21H19BrN2O4S. The number of sulfonamides is 1. The molecule has 29 heavy (non-hydrogen) atoms. The monoisotopic (exact) mass is 474 g/mol. The highest BCUT2D eigenvalue weighted by molar-refractivity contribution is 9.10. The maximum Gasteiger partial charge on any atom is 0.264 e. The summed E-state index contributed by atoms with van der Waals surface area (Å²) >= 11 is 3.34. The van der Waals surface area contributed by atoms with Crippen molar-refractivity contribution in [2.75, 3.05) is 23.3 Å². The average Bonchev–Trinajstić information content (AvgIpc) is 2.74. The number of ether oxygens (including phenoxy) is 1. The Morgan fingerprint density at radius 3 is 2.21 bits per heavy atom. The minimum absolute atomic E-state index is 0.159. The molecule has 1 N–H and O–H groups in total. The number of rotatable bonds is 7. The first-order chi connectivity index (χ1) is 13.9. The summed E-state index contributed by atoms with van der Waals surface area (Å²) in [5, 5.41) is 2.73. The van der Waals surface area contributed by atoms with Crippen LogP contribution in [-0.4, -0.2) is 28.0 Å². The fourth-order valence-corrected chi connectivity index (χ4v) is 4.00. The van der Waals surface area contributed by atoms with E-state index in [-0.39, 0.29) is 17.4 Å². The molecule has 0 atom stereocenters. The summed E-state index contributed by atoms with van der Waals surface area (Å²) in [4.78, 5) is 12.2. The van der Waals surface area contributed by atoms with Crippen molar-refractivity contribution in [3.8, 4) is 5.75 Å². The van der Waals surface area contributed by atoms with Crippen LogP contribution in [0.15, 0.2) is 88.2 Å². The van der Waals surface area contributed by atoms with E-state index in [1.807, 2.05) is 12.1 Å². The Morgan fingerprint density at radius 2 is 1.59 bits per heavy atom. The van der Waals surface area contributed by atoms with Gasteiger partial charge in [-0.25, -0.2) is 8.42 Å². The zero-order valence-electron chi connectivity index (χ0n) is 15.6. The van der Waals surface area contributed by atoms with Gasteiger partial charge in [0, 0.05) is 17.2 Å². The normalized spacial score (nSPS) is 11.0. The highest BCUT2D eigenvalue weighted by atomic mass is 79.9. The number of hydrogen-bond donors (Lipinski definition) is 1. The Morgan fingerprint density at radius 1 is 0.966 bits per heavy atom. The van der Waals surface area contributed by atoms with Crippen molar-refractivity contribution in [3.63, 3.8) is 0 Å². The average molecular weight is 475 g/mol. The molecule has 3 rings (SSSR count). The largest absolute Gasteiger partial charge is 0.484 e. The fourth-order valence-electron chi connectivity index (χ4n) is 2.52. The molecule has 0 radical (unpaired) electrons. The van der Waals surface area contributed by atoms with Gasteiger partial charge in [0.05, 0.1) is 10.6 Å². The topological polar surface area (TPSA) is 75.7 Å². The summed E-state index contributed by atoms with van der Waals surface area (Å²) in [6.45, 7) is -0.159. The van der Waals surface area contributed by atoms with E-state index in [0.29, 0.717) is 17.1 Å². The summed E-state index contributed by atoms with van der Waals surface area (Å²) in [6, 6.07) is 21.9. The van der Waals surface area contributed by atoms with Crippen LogP contribution in [0.1, 0.15) is 0 Å². The second-order valence-electron chi connectivity index (χ2n) is 6.12. The molecule has 0 unspecified atom stereocenters. The maximum atomic E-state index is 12.7. The van der Waals surface area contributed by atoms with Gasteiger partial charge in [0.25, 0.3) is 15.9 Å². The van der Waals surface area contributed by atoms with Crippen LogP contribution in [-0.2, 0) is 14.8 Å². The van der Waals surface area contributed by atoms with Crippen molar-refractivity contribution in [1.82, 2.24) is 0 Å². The lowest BCUT2D eigenvalue weighted by atomic mass is 10.3. The Kier molecular flexibility index (Phi) is 6.56. The van der Waals surface area contributed by atoms with Gasteiger partial charge in [0.2, 0.25) is 0 Å². The van der Waals surface area contributed by atoms with Gasteiger partial charge in [0.1, 0.15) is 5.75 Å². The van der Waals surface area contributed by atoms with Crippen LogP contribution in [0.5, 0.6) is 5.75 Å². The molecule has 6 nitrogen and oxygen atoms in total. The van der Waals surface area contributed by atoms with Gasteiger partial charge < -0.3 is 10.1 Å². The molecule has 1 amide bonds. The third-order valence-electron chi connectivity index (χ3n) is 4.10. The van der Waals surface area contributed by atoms with Crippen LogP contribution in [0, 0.1) is 0 Å². The van der Waals surface area contributed by atoms with Gasteiger partial charge in [-0.05, 0) is 60.7 Å². The van der Waals surface area contributed by atoms with Crippen LogP contribution >= 0.6 is 15.9 Å². The van der Waals surface area contributed by atoms with E-state index in [9.17, 15) is 13.2 Å². The SMILES string of the molecule is CN(c1ccc(OCC(=O)Nc2ccc(Br)cc2)cc1)S(=O)(=O)c1ccccc1. The lowest BCUT2D eigenvalue weighted by Gasteiger charge is -2.19. The van der Waals surface area contributed by atoms with E-state index in [4.69, 9.17) is 4.74 Å². The summed E-state index contributed by atoms with van der Waals surface area (Å²) in [6.07, 6.45) is 0. The third kappa shape index (κ3) is 5.36. The van der Waals surface area contributed by atoms with Gasteiger partial charge >= 0.3 is 0 Å². The van der Waals surface area contributed by atoms with Crippen LogP contribution in [0.4, 0.5) is 11.4 Å². The smallest absolute Gasteiger partial charge is 0.264 e. The fraction of sp³-hybridized carbons (Fsp3) is 0.0952. The van der Waals surface area contributed by atoms with Crippen molar-refractivity contribution in [2.24, 2.45) is 0 Å². The van der Waals surface area contributed by atoms with Crippen LogP contribution in [0.3, 0.4) is 0 Å². The minimum Gasteiger partial charge on any atom is -0.484 e. The second-order valence-corrected chi connectivity index (χ2v) is 9.01. The molecule has 0 bridgehead atoms. The molecule has 0 fully saturated rings. The van der Waals surface area contributed by atoms with Crippen molar-refractivity contribution >= 4 is 43.2 Å². The van der Waals surface area contributed by atoms with E-state index in [1.165, 1.54) is 11.4 Å². The standard InChI is InChI=1S/C21H19BrN2O4S/c1-24(29(26,27)20-5-3-2-4-6-20)18-11-13-19(14-12-18)28-15-21(25)23-17-9-7-16(22)8-10-17/h2-14H,15H2,1H3,(H,23,25). The molecule has 0 saturated carbocycles. The summed E-state index contributed by atoms with van der Waals surface area (Å²) < 4.78 is 32.9. The van der Waals surface area contributed by atoms with E-state index in [0.717, 1.165) is 4.47 Å². The molecule has 8 heteroatoms. The van der Waals surface area contributed by atoms with E-state index >= 15 is 0 Å². The van der Waals surface area contributed by atoms with Gasteiger partial charge in [0.15, 0.2) is 6.61 Å². The first kappa shape index (κ1) is 20.9. The maximum absolute atomic E-state index is 12.7. The predicted molar refractivity (Wildman–Crippen MR) is 117 cm³/mol. The van der Waals surface area contributed by atoms with Crippen molar-refractivity contribution < 1.29 is 17.9 Å². The van der Waals surface area contributed by atoms with Crippen molar-refractivity contribution in [2.45, 2.75) is 4.90 Å². The highest BCUT2D eigenvalue weighted by Gasteiger charge is 2.20. The number of carbonyl (C=O) groups excluding carboxylic acids is 1. The molecule has 0 aliphatic rings. The van der Waals surface area contributed by atoms with Gasteiger partial charge in [-0.1, -0.05) is 34.1 Å². The molecule has 3 aromatic carbocycles. The zero-order chi connectivity index (χ0) is 20.9. The number of carbonyl (C=O) groups is 1. The second kappa shape index (κ2) is 9.11. The van der Waals surface area contributed by atoms with E-state index in [1.54, 1.807) is 66.7 Å². The first-order valence-corrected chi connectivity index (χ1v) is 10.9. The number of anilines is 2. The molecule has 0 spiro atoms. The number of amides is 1. The van der Waals surface area contributed by atoms with Crippen molar-refractivity contribution in [3.05, 3.63) is 83.3 Å². The Hall–Kier alpha value is -2.84. The van der Waals surface area contributed by atoms with Crippen LogP contribution in [0.25, 0.3) is 0 Å². The van der Waals surface area contributed by atoms with Crippen molar-refractivity contribution in [1.29, 1.82) is 0 Å². The molecule has 150 valence electrons. The third-order valence-corrected chi connectivity index (χ3v) is 6.43. The Labute approximate surface area is 178 Å². The van der Waals surface area contributed by atoms with E-state index in [2.05, 4.69) is 21.2 Å². The summed E-state index contributed by atoms with van der Waals surface area (Å²) in [5.41, 5.74) is 1.16. The first-order valence-electron chi connectivity index (χ1n) is 8.68. The molecule has 0 aliphatic heterocycles.